The number of ether oxygens (including phenoxy) is 2. The van der Waals surface area contributed by atoms with E-state index in [9.17, 15) is 4.79 Å². The molecular formula is C25H25N3O3S. The van der Waals surface area contributed by atoms with Gasteiger partial charge in [0.1, 0.15) is 21.7 Å². The van der Waals surface area contributed by atoms with Gasteiger partial charge in [0.15, 0.2) is 5.13 Å². The van der Waals surface area contributed by atoms with Crippen molar-refractivity contribution in [3.05, 3.63) is 77.6 Å². The summed E-state index contributed by atoms with van der Waals surface area (Å²) in [5.41, 5.74) is 3.84. The third-order valence-electron chi connectivity index (χ3n) is 5.28. The molecule has 0 atom stereocenters. The number of benzene rings is 2. The highest BCUT2D eigenvalue weighted by Gasteiger charge is 2.23. The summed E-state index contributed by atoms with van der Waals surface area (Å²) in [6.07, 6.45) is 4.74. The van der Waals surface area contributed by atoms with Crippen LogP contribution in [-0.2, 0) is 24.2 Å². The van der Waals surface area contributed by atoms with Gasteiger partial charge in [0.25, 0.3) is 0 Å². The molecule has 0 bridgehead atoms. The zero-order chi connectivity index (χ0) is 22.5. The van der Waals surface area contributed by atoms with E-state index in [-0.39, 0.29) is 12.3 Å². The van der Waals surface area contributed by atoms with Gasteiger partial charge in [0.05, 0.1) is 27.2 Å². The summed E-state index contributed by atoms with van der Waals surface area (Å²) in [6, 6.07) is 15.7. The highest BCUT2D eigenvalue weighted by atomic mass is 32.1. The van der Waals surface area contributed by atoms with Crippen molar-refractivity contribution in [2.24, 2.45) is 0 Å². The van der Waals surface area contributed by atoms with Crippen LogP contribution in [0, 0.1) is 0 Å². The molecule has 1 amide bonds. The number of aryl methyl sites for hydroxylation is 1. The van der Waals surface area contributed by atoms with Crippen LogP contribution in [0.1, 0.15) is 23.6 Å². The van der Waals surface area contributed by atoms with Gasteiger partial charge in [-0.15, -0.1) is 0 Å². The highest BCUT2D eigenvalue weighted by molar-refractivity contribution is 7.22. The average Bonchev–Trinajstić information content (AvgIpc) is 3.28. The number of rotatable bonds is 8. The lowest BCUT2D eigenvalue weighted by molar-refractivity contribution is -0.118. The molecule has 0 radical (unpaired) electrons. The first-order valence-corrected chi connectivity index (χ1v) is 11.2. The number of hydrogen-bond donors (Lipinski definition) is 0. The molecule has 0 N–H and O–H groups in total. The fourth-order valence-corrected chi connectivity index (χ4v) is 4.58. The normalized spacial score (nSPS) is 10.8. The molecule has 2 aromatic heterocycles. The Kier molecular flexibility index (Phi) is 6.66. The molecule has 7 heteroatoms. The van der Waals surface area contributed by atoms with E-state index in [4.69, 9.17) is 14.5 Å². The van der Waals surface area contributed by atoms with E-state index in [0.717, 1.165) is 22.2 Å². The standard InChI is InChI=1S/C25H25N3O3S/c1-4-17-7-9-18(10-8-17)14-22(29)28(16-19-6-5-13-26-15-19)25-27-23-20(30-2)11-12-21(31-3)24(23)32-25/h5-13,15H,4,14,16H2,1-3H3. The maximum atomic E-state index is 13.5. The van der Waals surface area contributed by atoms with Crippen LogP contribution >= 0.6 is 11.3 Å². The number of thiazole rings is 1. The second kappa shape index (κ2) is 9.78. The molecule has 0 aliphatic carbocycles. The number of fused-ring (bicyclic) bond motifs is 1. The van der Waals surface area contributed by atoms with Gasteiger partial charge in [-0.25, -0.2) is 4.98 Å². The van der Waals surface area contributed by atoms with Gasteiger partial charge in [-0.05, 0) is 41.3 Å². The van der Waals surface area contributed by atoms with Gasteiger partial charge in [-0.1, -0.05) is 48.6 Å². The van der Waals surface area contributed by atoms with Crippen LogP contribution in [0.15, 0.2) is 60.9 Å². The maximum absolute atomic E-state index is 13.5. The molecule has 2 aromatic carbocycles. The van der Waals surface area contributed by atoms with Crippen LogP contribution in [0.4, 0.5) is 5.13 Å². The summed E-state index contributed by atoms with van der Waals surface area (Å²) in [7, 11) is 3.23. The number of amides is 1. The van der Waals surface area contributed by atoms with E-state index < -0.39 is 0 Å². The summed E-state index contributed by atoms with van der Waals surface area (Å²) in [5.74, 6) is 1.32. The minimum absolute atomic E-state index is 0.0323. The predicted octanol–water partition coefficient (Wildman–Crippen LogP) is 5.05. The van der Waals surface area contributed by atoms with Crippen LogP contribution in [0.2, 0.25) is 0 Å². The highest BCUT2D eigenvalue weighted by Crippen LogP contribution is 2.40. The monoisotopic (exact) mass is 447 g/mol. The molecule has 4 aromatic rings. The molecule has 0 fully saturated rings. The zero-order valence-electron chi connectivity index (χ0n) is 18.4. The van der Waals surface area contributed by atoms with E-state index in [1.807, 2.05) is 36.4 Å². The molecule has 2 heterocycles. The van der Waals surface area contributed by atoms with Crippen molar-refractivity contribution in [2.45, 2.75) is 26.3 Å². The van der Waals surface area contributed by atoms with E-state index in [2.05, 4.69) is 24.0 Å². The number of anilines is 1. The summed E-state index contributed by atoms with van der Waals surface area (Å²) in [6.45, 7) is 2.50. The minimum Gasteiger partial charge on any atom is -0.495 e. The Bertz CT molecular complexity index is 1170. The Hall–Kier alpha value is -3.45. The van der Waals surface area contributed by atoms with Gasteiger partial charge < -0.3 is 9.47 Å². The Balaban J connectivity index is 1.72. The number of carbonyl (C=O) groups excluding carboxylic acids is 1. The first kappa shape index (κ1) is 21.8. The molecular weight excluding hydrogens is 422 g/mol. The molecule has 0 aliphatic heterocycles. The van der Waals surface area contributed by atoms with Gasteiger partial charge in [0.2, 0.25) is 5.91 Å². The molecule has 6 nitrogen and oxygen atoms in total. The maximum Gasteiger partial charge on any atom is 0.233 e. The molecule has 0 aliphatic rings. The first-order valence-electron chi connectivity index (χ1n) is 10.4. The third-order valence-corrected chi connectivity index (χ3v) is 6.37. The van der Waals surface area contributed by atoms with Crippen molar-refractivity contribution in [3.63, 3.8) is 0 Å². The van der Waals surface area contributed by atoms with Gasteiger partial charge in [-0.2, -0.15) is 0 Å². The zero-order valence-corrected chi connectivity index (χ0v) is 19.2. The van der Waals surface area contributed by atoms with Crippen molar-refractivity contribution in [1.29, 1.82) is 0 Å². The molecule has 0 spiro atoms. The van der Waals surface area contributed by atoms with Gasteiger partial charge >= 0.3 is 0 Å². The van der Waals surface area contributed by atoms with E-state index in [1.165, 1.54) is 16.9 Å². The lowest BCUT2D eigenvalue weighted by Crippen LogP contribution is -2.31. The Morgan fingerprint density at radius 1 is 0.969 bits per heavy atom. The van der Waals surface area contributed by atoms with Gasteiger partial charge in [-0.3, -0.25) is 14.7 Å². The first-order chi connectivity index (χ1) is 15.6. The number of aromatic nitrogens is 2. The quantitative estimate of drug-likeness (QED) is 0.378. The molecule has 164 valence electrons. The van der Waals surface area contributed by atoms with Crippen molar-refractivity contribution in [1.82, 2.24) is 9.97 Å². The van der Waals surface area contributed by atoms with E-state index in [0.29, 0.717) is 28.7 Å². The molecule has 4 rings (SSSR count). The second-order valence-electron chi connectivity index (χ2n) is 7.33. The largest absolute Gasteiger partial charge is 0.495 e. The Morgan fingerprint density at radius 3 is 2.34 bits per heavy atom. The number of methoxy groups -OCH3 is 2. The lowest BCUT2D eigenvalue weighted by atomic mass is 10.1. The van der Waals surface area contributed by atoms with Gasteiger partial charge in [0, 0.05) is 12.4 Å². The van der Waals surface area contributed by atoms with Crippen LogP contribution in [0.25, 0.3) is 10.2 Å². The molecule has 0 unspecified atom stereocenters. The van der Waals surface area contributed by atoms with Crippen LogP contribution in [-0.4, -0.2) is 30.1 Å². The van der Waals surface area contributed by atoms with E-state index >= 15 is 0 Å². The fraction of sp³-hybridized carbons (Fsp3) is 0.240. The van der Waals surface area contributed by atoms with Crippen LogP contribution in [0.5, 0.6) is 11.5 Å². The molecule has 0 saturated heterocycles. The topological polar surface area (TPSA) is 64.6 Å². The summed E-state index contributed by atoms with van der Waals surface area (Å²) >= 11 is 1.42. The number of hydrogen-bond acceptors (Lipinski definition) is 6. The lowest BCUT2D eigenvalue weighted by Gasteiger charge is -2.20. The number of nitrogens with zero attached hydrogens (tertiary/aromatic N) is 3. The fourth-order valence-electron chi connectivity index (χ4n) is 3.49. The minimum atomic E-state index is -0.0323. The predicted molar refractivity (Wildman–Crippen MR) is 128 cm³/mol. The SMILES string of the molecule is CCc1ccc(CC(=O)N(Cc2cccnc2)c2nc3c(OC)ccc(OC)c3s2)cc1. The van der Waals surface area contributed by atoms with Crippen molar-refractivity contribution < 1.29 is 14.3 Å². The second-order valence-corrected chi connectivity index (χ2v) is 8.31. The smallest absolute Gasteiger partial charge is 0.233 e. The number of pyridine rings is 1. The molecule has 0 saturated carbocycles. The van der Waals surface area contributed by atoms with Crippen molar-refractivity contribution in [3.8, 4) is 11.5 Å². The summed E-state index contributed by atoms with van der Waals surface area (Å²) in [4.78, 5) is 24.2. The van der Waals surface area contributed by atoms with Crippen LogP contribution in [0.3, 0.4) is 0 Å². The molecule has 32 heavy (non-hydrogen) atoms. The average molecular weight is 448 g/mol. The summed E-state index contributed by atoms with van der Waals surface area (Å²) in [5, 5.41) is 0.599. The Labute approximate surface area is 191 Å². The van der Waals surface area contributed by atoms with E-state index in [1.54, 1.807) is 31.5 Å². The van der Waals surface area contributed by atoms with Crippen LogP contribution < -0.4 is 14.4 Å². The Morgan fingerprint density at radius 2 is 1.69 bits per heavy atom. The summed E-state index contributed by atoms with van der Waals surface area (Å²) < 4.78 is 11.9. The van der Waals surface area contributed by atoms with Crippen molar-refractivity contribution in [2.75, 3.05) is 19.1 Å². The third kappa shape index (κ3) is 4.57. The number of carbonyl (C=O) groups is 1. The van der Waals surface area contributed by atoms with Crippen molar-refractivity contribution >= 4 is 32.6 Å².